The number of benzene rings is 1. The van der Waals surface area contributed by atoms with E-state index < -0.39 is 24.1 Å². The lowest BCUT2D eigenvalue weighted by molar-refractivity contribution is 0.00578. The molecule has 1 saturated heterocycles. The van der Waals surface area contributed by atoms with Crippen LogP contribution >= 0.6 is 11.6 Å². The maximum Gasteiger partial charge on any atom is 0.497 e. The van der Waals surface area contributed by atoms with E-state index in [1.54, 1.807) is 0 Å². The van der Waals surface area contributed by atoms with Gasteiger partial charge >= 0.3 is 7.12 Å². The molecule has 1 aliphatic rings. The molecule has 0 aromatic heterocycles. The van der Waals surface area contributed by atoms with E-state index >= 15 is 0 Å². The largest absolute Gasteiger partial charge is 0.497 e. The smallest absolute Gasteiger partial charge is 0.399 e. The van der Waals surface area contributed by atoms with Gasteiger partial charge in [0.25, 0.3) is 0 Å². The van der Waals surface area contributed by atoms with Crippen molar-refractivity contribution in [3.8, 4) is 0 Å². The predicted octanol–water partition coefficient (Wildman–Crippen LogP) is 3.39. The number of halogens is 2. The van der Waals surface area contributed by atoms with Gasteiger partial charge in [0.2, 0.25) is 0 Å². The van der Waals surface area contributed by atoms with Crippen LogP contribution in [0.4, 0.5) is 10.1 Å². The van der Waals surface area contributed by atoms with Crippen molar-refractivity contribution in [2.45, 2.75) is 52.7 Å². The number of hydrogen-bond acceptors (Lipinski definition) is 3. The van der Waals surface area contributed by atoms with Crippen LogP contribution in [-0.4, -0.2) is 18.3 Å². The van der Waals surface area contributed by atoms with Crippen LogP contribution in [0.3, 0.4) is 0 Å². The van der Waals surface area contributed by atoms with Crippen molar-refractivity contribution in [3.63, 3.8) is 0 Å². The van der Waals surface area contributed by atoms with Crippen molar-refractivity contribution in [2.24, 2.45) is 0 Å². The summed E-state index contributed by atoms with van der Waals surface area (Å²) in [5, 5.41) is 0.360. The Morgan fingerprint density at radius 1 is 1.10 bits per heavy atom. The average molecular weight is 302 g/mol. The molecule has 0 amide bonds. The fraction of sp³-hybridized carbons (Fsp3) is 0.571. The third-order valence-electron chi connectivity index (χ3n) is 3.60. The SMILES string of the molecule is CC.CC1(C)OB(c2cc(Cl)cc(N)c2F)OC1(C)C. The van der Waals surface area contributed by atoms with Crippen LogP contribution < -0.4 is 11.2 Å². The van der Waals surface area contributed by atoms with Crippen molar-refractivity contribution in [2.75, 3.05) is 5.73 Å². The minimum Gasteiger partial charge on any atom is -0.399 e. The van der Waals surface area contributed by atoms with E-state index in [-0.39, 0.29) is 11.2 Å². The number of anilines is 1. The zero-order valence-corrected chi connectivity index (χ0v) is 13.6. The highest BCUT2D eigenvalue weighted by molar-refractivity contribution is 6.62. The van der Waals surface area contributed by atoms with Crippen LogP contribution in [0.5, 0.6) is 0 Å². The minimum absolute atomic E-state index is 0.00721. The number of nitrogen functional groups attached to an aromatic ring is 1. The third kappa shape index (κ3) is 3.10. The number of nitrogens with two attached hydrogens (primary N) is 1. The second kappa shape index (κ2) is 5.92. The first-order valence-corrected chi connectivity index (χ1v) is 7.12. The van der Waals surface area contributed by atoms with Crippen molar-refractivity contribution < 1.29 is 13.7 Å². The Hall–Kier alpha value is -0.775. The molecule has 112 valence electrons. The highest BCUT2D eigenvalue weighted by atomic mass is 35.5. The molecule has 6 heteroatoms. The second-order valence-corrected chi connectivity index (χ2v) is 5.92. The Bertz CT molecular complexity index is 478. The van der Waals surface area contributed by atoms with Crippen LogP contribution in [-0.2, 0) is 9.31 Å². The van der Waals surface area contributed by atoms with E-state index in [4.69, 9.17) is 26.6 Å². The fourth-order valence-electron chi connectivity index (χ4n) is 1.77. The number of hydrogen-bond donors (Lipinski definition) is 1. The molecule has 0 bridgehead atoms. The first-order valence-electron chi connectivity index (χ1n) is 6.74. The molecular weight excluding hydrogens is 279 g/mol. The van der Waals surface area contributed by atoms with Gasteiger partial charge in [0.05, 0.1) is 16.9 Å². The zero-order valence-electron chi connectivity index (χ0n) is 12.9. The summed E-state index contributed by atoms with van der Waals surface area (Å²) in [7, 11) is -0.795. The molecule has 1 heterocycles. The van der Waals surface area contributed by atoms with Gasteiger partial charge in [-0.3, -0.25) is 0 Å². The van der Waals surface area contributed by atoms with Gasteiger partial charge in [-0.05, 0) is 39.8 Å². The maximum absolute atomic E-state index is 14.0. The van der Waals surface area contributed by atoms with Crippen LogP contribution in [0, 0.1) is 5.82 Å². The molecule has 3 nitrogen and oxygen atoms in total. The van der Waals surface area contributed by atoms with Gasteiger partial charge in [0.15, 0.2) is 0 Å². The monoisotopic (exact) mass is 301 g/mol. The van der Waals surface area contributed by atoms with E-state index in [0.717, 1.165) is 0 Å². The van der Waals surface area contributed by atoms with Crippen molar-refractivity contribution in [1.82, 2.24) is 0 Å². The lowest BCUT2D eigenvalue weighted by Crippen LogP contribution is -2.41. The Kier molecular flexibility index (Phi) is 5.11. The minimum atomic E-state index is -0.795. The maximum atomic E-state index is 14.0. The first kappa shape index (κ1) is 17.3. The average Bonchev–Trinajstić information content (AvgIpc) is 2.55. The molecule has 1 aromatic carbocycles. The summed E-state index contributed by atoms with van der Waals surface area (Å²) < 4.78 is 25.5. The summed E-state index contributed by atoms with van der Waals surface area (Å²) in [6.07, 6.45) is 0. The summed E-state index contributed by atoms with van der Waals surface area (Å²) in [5.41, 5.74) is 4.73. The molecule has 0 aliphatic carbocycles. The molecule has 20 heavy (non-hydrogen) atoms. The van der Waals surface area contributed by atoms with Crippen LogP contribution in [0.1, 0.15) is 41.5 Å². The van der Waals surface area contributed by atoms with Gasteiger partial charge in [-0.25, -0.2) is 4.39 Å². The Morgan fingerprint density at radius 2 is 1.55 bits per heavy atom. The fourth-order valence-corrected chi connectivity index (χ4v) is 2.01. The number of rotatable bonds is 1. The Balaban J connectivity index is 0.000000956. The van der Waals surface area contributed by atoms with Gasteiger partial charge in [-0.1, -0.05) is 25.4 Å². The van der Waals surface area contributed by atoms with E-state index in [1.807, 2.05) is 41.5 Å². The molecule has 2 N–H and O–H groups in total. The van der Waals surface area contributed by atoms with Crippen LogP contribution in [0.2, 0.25) is 5.02 Å². The summed E-state index contributed by atoms with van der Waals surface area (Å²) >= 11 is 5.88. The van der Waals surface area contributed by atoms with Gasteiger partial charge in [0.1, 0.15) is 5.82 Å². The molecule has 0 saturated carbocycles. The van der Waals surface area contributed by atoms with Gasteiger partial charge in [-0.2, -0.15) is 0 Å². The van der Waals surface area contributed by atoms with E-state index in [1.165, 1.54) is 12.1 Å². The zero-order chi connectivity index (χ0) is 15.7. The van der Waals surface area contributed by atoms with Gasteiger partial charge < -0.3 is 15.0 Å². The van der Waals surface area contributed by atoms with Crippen molar-refractivity contribution in [3.05, 3.63) is 23.0 Å². The van der Waals surface area contributed by atoms with E-state index in [9.17, 15) is 4.39 Å². The van der Waals surface area contributed by atoms with Gasteiger partial charge in [-0.15, -0.1) is 0 Å². The molecule has 1 aromatic rings. The molecule has 0 spiro atoms. The molecular formula is C14H22BClFNO2. The van der Waals surface area contributed by atoms with Crippen molar-refractivity contribution in [1.29, 1.82) is 0 Å². The van der Waals surface area contributed by atoms with Gasteiger partial charge in [0, 0.05) is 10.5 Å². The standard InChI is InChI=1S/C12H16BClFNO2.C2H6/c1-11(2)12(3,4)18-13(17-11)8-5-7(14)6-9(16)10(8)15;1-2/h5-6H,16H2,1-4H3;1-2H3. The highest BCUT2D eigenvalue weighted by Crippen LogP contribution is 2.37. The molecule has 1 fully saturated rings. The lowest BCUT2D eigenvalue weighted by atomic mass is 9.78. The molecule has 1 aliphatic heterocycles. The second-order valence-electron chi connectivity index (χ2n) is 5.49. The normalized spacial score (nSPS) is 19.5. The Labute approximate surface area is 125 Å². The van der Waals surface area contributed by atoms with Crippen LogP contribution in [0.15, 0.2) is 12.1 Å². The summed E-state index contributed by atoms with van der Waals surface area (Å²) in [6.45, 7) is 11.6. The van der Waals surface area contributed by atoms with Crippen molar-refractivity contribution >= 4 is 29.9 Å². The molecule has 0 atom stereocenters. The topological polar surface area (TPSA) is 44.5 Å². The van der Waals surface area contributed by atoms with Crippen LogP contribution in [0.25, 0.3) is 0 Å². The van der Waals surface area contributed by atoms with E-state index in [2.05, 4.69) is 0 Å². The lowest BCUT2D eigenvalue weighted by Gasteiger charge is -2.32. The van der Waals surface area contributed by atoms with E-state index in [0.29, 0.717) is 5.02 Å². The highest BCUT2D eigenvalue weighted by Gasteiger charge is 2.52. The molecule has 0 radical (unpaired) electrons. The molecule has 0 unspecified atom stereocenters. The summed E-state index contributed by atoms with van der Waals surface area (Å²) in [5.74, 6) is -0.544. The quantitative estimate of drug-likeness (QED) is 0.639. The Morgan fingerprint density at radius 3 is 2.00 bits per heavy atom. The third-order valence-corrected chi connectivity index (χ3v) is 3.82. The molecule has 2 rings (SSSR count). The predicted molar refractivity (Wildman–Crippen MR) is 82.9 cm³/mol. The summed E-state index contributed by atoms with van der Waals surface area (Å²) in [4.78, 5) is 0. The first-order chi connectivity index (χ1) is 9.14. The summed E-state index contributed by atoms with van der Waals surface area (Å²) in [6, 6.07) is 2.85.